The standard InChI is InChI=1S/C25H22ClF4N5O3/c1-2-14(13-6-8-31-18(10-13)25(28,29)30)17-11-32-21(33-17)22(36)35-9-3-7-24(12-35)19-16(34-23(37)38-24)5-4-15(26)20(19)27/h4-6,8,10-11,14H,2-3,7,9,12H2,1H3,(H,32,33)(H,34,37)/t14?,24-/m0/s1. The van der Waals surface area contributed by atoms with Crippen molar-refractivity contribution >= 4 is 29.3 Å². The molecule has 8 nitrogen and oxygen atoms in total. The zero-order chi connectivity index (χ0) is 27.2. The minimum absolute atomic E-state index is 0.0346. The largest absolute Gasteiger partial charge is 0.436 e. The Bertz CT molecular complexity index is 1410. The van der Waals surface area contributed by atoms with Crippen molar-refractivity contribution < 1.29 is 31.9 Å². The molecule has 200 valence electrons. The number of imidazole rings is 1. The summed E-state index contributed by atoms with van der Waals surface area (Å²) in [5.41, 5.74) is -1.40. The smallest absolute Gasteiger partial charge is 0.433 e. The van der Waals surface area contributed by atoms with Crippen molar-refractivity contribution in [2.45, 2.75) is 43.9 Å². The fourth-order valence-corrected chi connectivity index (χ4v) is 5.31. The number of aromatic nitrogens is 3. The van der Waals surface area contributed by atoms with E-state index in [0.29, 0.717) is 30.6 Å². The summed E-state index contributed by atoms with van der Waals surface area (Å²) in [6, 6.07) is 5.27. The number of nitrogens with zero attached hydrogens (tertiary/aromatic N) is 3. The molecule has 2 aliphatic rings. The quantitative estimate of drug-likeness (QED) is 0.396. The molecule has 2 atom stereocenters. The number of piperidine rings is 1. The molecule has 0 bridgehead atoms. The van der Waals surface area contributed by atoms with Crippen LogP contribution >= 0.6 is 11.6 Å². The molecule has 0 radical (unpaired) electrons. The molecule has 1 aromatic carbocycles. The molecular formula is C25H22ClF4N5O3. The second-order valence-corrected chi connectivity index (χ2v) is 9.64. The summed E-state index contributed by atoms with van der Waals surface area (Å²) in [6.07, 6.45) is -1.68. The van der Waals surface area contributed by atoms with E-state index in [1.807, 2.05) is 0 Å². The van der Waals surface area contributed by atoms with E-state index in [1.165, 1.54) is 29.3 Å². The van der Waals surface area contributed by atoms with Crippen molar-refractivity contribution in [3.05, 3.63) is 75.8 Å². The number of amides is 2. The van der Waals surface area contributed by atoms with E-state index in [4.69, 9.17) is 16.3 Å². The van der Waals surface area contributed by atoms with Crippen LogP contribution in [-0.4, -0.2) is 44.9 Å². The highest BCUT2D eigenvalue weighted by atomic mass is 35.5. The van der Waals surface area contributed by atoms with Crippen molar-refractivity contribution in [3.8, 4) is 0 Å². The van der Waals surface area contributed by atoms with Crippen LogP contribution in [0.5, 0.6) is 0 Å². The third kappa shape index (κ3) is 4.57. The van der Waals surface area contributed by atoms with E-state index < -0.39 is 41.2 Å². The summed E-state index contributed by atoms with van der Waals surface area (Å²) in [6.45, 7) is 1.97. The number of rotatable bonds is 4. The molecule has 0 aliphatic carbocycles. The number of benzene rings is 1. The molecule has 2 amide bonds. The number of pyridine rings is 1. The number of ether oxygens (including phenoxy) is 1. The summed E-state index contributed by atoms with van der Waals surface area (Å²) in [4.78, 5) is 37.7. The lowest BCUT2D eigenvalue weighted by Crippen LogP contribution is -2.53. The van der Waals surface area contributed by atoms with Gasteiger partial charge in [-0.2, -0.15) is 13.2 Å². The molecule has 2 aromatic heterocycles. The van der Waals surface area contributed by atoms with Gasteiger partial charge in [0, 0.05) is 24.9 Å². The Kier molecular flexibility index (Phi) is 6.54. The number of alkyl halides is 3. The van der Waals surface area contributed by atoms with Crippen molar-refractivity contribution in [3.63, 3.8) is 0 Å². The van der Waals surface area contributed by atoms with Gasteiger partial charge in [-0.1, -0.05) is 18.5 Å². The van der Waals surface area contributed by atoms with Gasteiger partial charge in [0.15, 0.2) is 17.2 Å². The number of carbonyl (C=O) groups is 2. The van der Waals surface area contributed by atoms with Gasteiger partial charge in [-0.15, -0.1) is 0 Å². The zero-order valence-corrected chi connectivity index (χ0v) is 20.8. The Morgan fingerprint density at radius 1 is 1.32 bits per heavy atom. The summed E-state index contributed by atoms with van der Waals surface area (Å²) >= 11 is 6.01. The summed E-state index contributed by atoms with van der Waals surface area (Å²) in [5.74, 6) is -1.81. The monoisotopic (exact) mass is 551 g/mol. The Morgan fingerprint density at radius 2 is 2.11 bits per heavy atom. The number of nitrogens with one attached hydrogen (secondary N) is 2. The first-order chi connectivity index (χ1) is 18.0. The van der Waals surface area contributed by atoms with Gasteiger partial charge in [0.1, 0.15) is 5.69 Å². The molecule has 1 saturated heterocycles. The molecular weight excluding hydrogens is 530 g/mol. The Balaban J connectivity index is 1.42. The predicted octanol–water partition coefficient (Wildman–Crippen LogP) is 5.85. The number of anilines is 1. The first kappa shape index (κ1) is 26.0. The van der Waals surface area contributed by atoms with Crippen LogP contribution in [0.4, 0.5) is 28.0 Å². The second-order valence-electron chi connectivity index (χ2n) is 9.23. The minimum Gasteiger partial charge on any atom is -0.436 e. The van der Waals surface area contributed by atoms with Crippen LogP contribution in [0.1, 0.15) is 65.2 Å². The number of aromatic amines is 1. The molecule has 1 unspecified atom stereocenters. The number of carbonyl (C=O) groups excluding carboxylic acids is 2. The Morgan fingerprint density at radius 3 is 2.84 bits per heavy atom. The summed E-state index contributed by atoms with van der Waals surface area (Å²) in [5, 5.41) is 2.33. The highest BCUT2D eigenvalue weighted by Crippen LogP contribution is 2.45. The van der Waals surface area contributed by atoms with E-state index in [1.54, 1.807) is 6.92 Å². The molecule has 2 N–H and O–H groups in total. The Hall–Kier alpha value is -3.67. The number of hydrogen-bond donors (Lipinski definition) is 2. The van der Waals surface area contributed by atoms with Crippen LogP contribution in [0.3, 0.4) is 0 Å². The van der Waals surface area contributed by atoms with Gasteiger partial charge in [0.2, 0.25) is 0 Å². The number of hydrogen-bond acceptors (Lipinski definition) is 5. The first-order valence-electron chi connectivity index (χ1n) is 11.9. The maximum atomic E-state index is 15.1. The maximum absolute atomic E-state index is 15.1. The van der Waals surface area contributed by atoms with Crippen LogP contribution in [0.15, 0.2) is 36.7 Å². The zero-order valence-electron chi connectivity index (χ0n) is 20.0. The van der Waals surface area contributed by atoms with Crippen LogP contribution in [0.25, 0.3) is 0 Å². The molecule has 13 heteroatoms. The molecule has 4 heterocycles. The van der Waals surface area contributed by atoms with Crippen molar-refractivity contribution in [2.24, 2.45) is 0 Å². The lowest BCUT2D eigenvalue weighted by atomic mass is 9.83. The second kappa shape index (κ2) is 9.57. The molecule has 38 heavy (non-hydrogen) atoms. The molecule has 0 saturated carbocycles. The van der Waals surface area contributed by atoms with E-state index in [9.17, 15) is 22.8 Å². The summed E-state index contributed by atoms with van der Waals surface area (Å²) < 4.78 is 60.2. The topological polar surface area (TPSA) is 100 Å². The van der Waals surface area contributed by atoms with Gasteiger partial charge in [0.05, 0.1) is 28.5 Å². The molecule has 1 spiro atoms. The molecule has 5 rings (SSSR count). The van der Waals surface area contributed by atoms with Gasteiger partial charge >= 0.3 is 12.3 Å². The number of H-pyrrole nitrogens is 1. The highest BCUT2D eigenvalue weighted by molar-refractivity contribution is 6.31. The summed E-state index contributed by atoms with van der Waals surface area (Å²) in [7, 11) is 0. The fourth-order valence-electron chi connectivity index (χ4n) is 5.15. The fraction of sp³-hybridized carbons (Fsp3) is 0.360. The van der Waals surface area contributed by atoms with E-state index in [0.717, 1.165) is 12.3 Å². The van der Waals surface area contributed by atoms with Crippen molar-refractivity contribution in [2.75, 3.05) is 18.4 Å². The number of likely N-dealkylation sites (tertiary alicyclic amines) is 1. The van der Waals surface area contributed by atoms with E-state index in [2.05, 4.69) is 20.3 Å². The van der Waals surface area contributed by atoms with E-state index >= 15 is 4.39 Å². The number of fused-ring (bicyclic) bond motifs is 2. The van der Waals surface area contributed by atoms with Crippen LogP contribution < -0.4 is 5.32 Å². The first-order valence-corrected chi connectivity index (χ1v) is 12.3. The van der Waals surface area contributed by atoms with Gasteiger partial charge < -0.3 is 14.6 Å². The minimum atomic E-state index is -4.59. The van der Waals surface area contributed by atoms with Crippen LogP contribution in [0.2, 0.25) is 5.02 Å². The van der Waals surface area contributed by atoms with Gasteiger partial charge in [0.25, 0.3) is 5.91 Å². The molecule has 3 aromatic rings. The average molecular weight is 552 g/mol. The van der Waals surface area contributed by atoms with Crippen molar-refractivity contribution in [1.29, 1.82) is 0 Å². The van der Waals surface area contributed by atoms with Gasteiger partial charge in [-0.25, -0.2) is 14.2 Å². The van der Waals surface area contributed by atoms with E-state index in [-0.39, 0.29) is 35.1 Å². The highest BCUT2D eigenvalue weighted by Gasteiger charge is 2.49. The third-order valence-corrected chi connectivity index (χ3v) is 7.15. The average Bonchev–Trinajstić information content (AvgIpc) is 3.35. The Labute approximate surface area is 219 Å². The van der Waals surface area contributed by atoms with Gasteiger partial charge in [-0.3, -0.25) is 15.1 Å². The van der Waals surface area contributed by atoms with Crippen molar-refractivity contribution in [1.82, 2.24) is 19.9 Å². The SMILES string of the molecule is CCC(c1ccnc(C(F)(F)F)c1)c1c[nH]c(C(=O)N2CCC[C@@]3(C2)OC(=O)Nc2ccc(Cl)c(F)c23)n1. The maximum Gasteiger partial charge on any atom is 0.433 e. The lowest BCUT2D eigenvalue weighted by molar-refractivity contribution is -0.141. The van der Waals surface area contributed by atoms with Crippen LogP contribution in [0, 0.1) is 5.82 Å². The lowest BCUT2D eigenvalue weighted by Gasteiger charge is -2.44. The molecule has 2 aliphatic heterocycles. The predicted molar refractivity (Wildman–Crippen MR) is 128 cm³/mol. The third-order valence-electron chi connectivity index (χ3n) is 6.86. The molecule has 1 fully saturated rings. The van der Waals surface area contributed by atoms with Gasteiger partial charge in [-0.05, 0) is 49.1 Å². The number of halogens is 5. The van der Waals surface area contributed by atoms with Crippen LogP contribution in [-0.2, 0) is 16.5 Å². The normalized spacial score (nSPS) is 20.1.